The van der Waals surface area contributed by atoms with Crippen LogP contribution in [0.15, 0.2) is 47.1 Å². The molecule has 0 unspecified atom stereocenters. The Hall–Kier alpha value is -3.29. The van der Waals surface area contributed by atoms with E-state index in [1.165, 1.54) is 6.26 Å². The Morgan fingerprint density at radius 3 is 2.29 bits per heavy atom. The number of rotatable bonds is 6. The maximum absolute atomic E-state index is 12.3. The summed E-state index contributed by atoms with van der Waals surface area (Å²) in [5.41, 5.74) is 0.352. The summed E-state index contributed by atoms with van der Waals surface area (Å²) in [6.45, 7) is 3.64. The van der Waals surface area contributed by atoms with Gasteiger partial charge in [0, 0.05) is 26.2 Å². The van der Waals surface area contributed by atoms with Gasteiger partial charge < -0.3 is 23.7 Å². The summed E-state index contributed by atoms with van der Waals surface area (Å²) in [6.07, 6.45) is 1.45. The quantitative estimate of drug-likeness (QED) is 0.704. The van der Waals surface area contributed by atoms with E-state index in [0.717, 1.165) is 0 Å². The molecule has 0 N–H and O–H groups in total. The summed E-state index contributed by atoms with van der Waals surface area (Å²) in [6, 6.07) is 9.81. The Morgan fingerprint density at radius 1 is 1.00 bits per heavy atom. The van der Waals surface area contributed by atoms with Crippen molar-refractivity contribution in [2.45, 2.75) is 6.92 Å². The lowest BCUT2D eigenvalue weighted by Gasteiger charge is -2.34. The van der Waals surface area contributed by atoms with Crippen molar-refractivity contribution in [1.29, 1.82) is 0 Å². The van der Waals surface area contributed by atoms with Crippen LogP contribution in [0.4, 0.5) is 0 Å². The zero-order valence-electron chi connectivity index (χ0n) is 15.6. The van der Waals surface area contributed by atoms with Crippen LogP contribution in [-0.2, 0) is 9.53 Å². The lowest BCUT2D eigenvalue weighted by Crippen LogP contribution is -2.51. The second kappa shape index (κ2) is 9.07. The van der Waals surface area contributed by atoms with Crippen molar-refractivity contribution in [2.24, 2.45) is 0 Å². The zero-order valence-corrected chi connectivity index (χ0v) is 15.6. The summed E-state index contributed by atoms with van der Waals surface area (Å²) >= 11 is 0. The molecule has 0 saturated carbocycles. The smallest absolute Gasteiger partial charge is 0.338 e. The Kier molecular flexibility index (Phi) is 6.31. The minimum atomic E-state index is -0.567. The van der Waals surface area contributed by atoms with E-state index in [1.807, 2.05) is 6.92 Å². The van der Waals surface area contributed by atoms with Crippen molar-refractivity contribution >= 4 is 17.8 Å². The van der Waals surface area contributed by atoms with Crippen molar-refractivity contribution in [3.05, 3.63) is 54.0 Å². The van der Waals surface area contributed by atoms with E-state index in [2.05, 4.69) is 0 Å². The van der Waals surface area contributed by atoms with Crippen molar-refractivity contribution < 1.29 is 28.3 Å². The average Bonchev–Trinajstić information content (AvgIpc) is 3.27. The highest BCUT2D eigenvalue weighted by molar-refractivity contribution is 5.92. The van der Waals surface area contributed by atoms with Crippen molar-refractivity contribution in [1.82, 2.24) is 9.80 Å². The van der Waals surface area contributed by atoms with Crippen molar-refractivity contribution in [3.63, 3.8) is 0 Å². The van der Waals surface area contributed by atoms with Gasteiger partial charge in [-0.25, -0.2) is 4.79 Å². The number of carbonyl (C=O) groups excluding carboxylic acids is 3. The maximum Gasteiger partial charge on any atom is 0.338 e. The Balaban J connectivity index is 1.44. The predicted molar refractivity (Wildman–Crippen MR) is 99.1 cm³/mol. The molecule has 0 radical (unpaired) electrons. The molecule has 0 bridgehead atoms. The first-order valence-corrected chi connectivity index (χ1v) is 9.09. The number of hydrogen-bond acceptors (Lipinski definition) is 6. The van der Waals surface area contributed by atoms with Crippen LogP contribution in [0.2, 0.25) is 0 Å². The van der Waals surface area contributed by atoms with Gasteiger partial charge in [0.2, 0.25) is 0 Å². The number of hydrogen-bond donors (Lipinski definition) is 0. The highest BCUT2D eigenvalue weighted by Gasteiger charge is 2.26. The molecular weight excluding hydrogens is 364 g/mol. The number of carbonyl (C=O) groups is 3. The van der Waals surface area contributed by atoms with Crippen LogP contribution in [0, 0.1) is 0 Å². The number of nitrogens with zero attached hydrogens (tertiary/aromatic N) is 2. The zero-order chi connectivity index (χ0) is 19.9. The van der Waals surface area contributed by atoms with Crippen molar-refractivity contribution in [3.8, 4) is 5.75 Å². The standard InChI is InChI=1S/C20H22N2O6/c1-2-26-16-7-5-15(6-8-16)20(25)28-14-18(23)21-9-11-22(12-10-21)19(24)17-4-3-13-27-17/h3-8,13H,2,9-12,14H2,1H3. The van der Waals surface area contributed by atoms with E-state index < -0.39 is 5.97 Å². The molecule has 1 fully saturated rings. The number of piperazine rings is 1. The molecule has 1 saturated heterocycles. The second-order valence-corrected chi connectivity index (χ2v) is 6.18. The fourth-order valence-electron chi connectivity index (χ4n) is 2.87. The molecule has 1 aromatic carbocycles. The lowest BCUT2D eigenvalue weighted by atomic mass is 10.2. The molecular formula is C20H22N2O6. The number of benzene rings is 1. The van der Waals surface area contributed by atoms with Crippen LogP contribution in [0.25, 0.3) is 0 Å². The molecule has 8 heteroatoms. The van der Waals surface area contributed by atoms with E-state index in [4.69, 9.17) is 13.9 Å². The highest BCUT2D eigenvalue weighted by Crippen LogP contribution is 2.13. The number of furan rings is 1. The largest absolute Gasteiger partial charge is 0.494 e. The minimum absolute atomic E-state index is 0.195. The second-order valence-electron chi connectivity index (χ2n) is 6.18. The predicted octanol–water partition coefficient (Wildman–Crippen LogP) is 1.82. The SMILES string of the molecule is CCOc1ccc(C(=O)OCC(=O)N2CCN(C(=O)c3ccco3)CC2)cc1. The summed E-state index contributed by atoms with van der Waals surface area (Å²) in [4.78, 5) is 39.8. The summed E-state index contributed by atoms with van der Waals surface area (Å²) in [5.74, 6) is -0.104. The number of amides is 2. The number of ether oxygens (including phenoxy) is 2. The Morgan fingerprint density at radius 2 is 1.68 bits per heavy atom. The summed E-state index contributed by atoms with van der Waals surface area (Å²) < 4.78 is 15.5. The molecule has 28 heavy (non-hydrogen) atoms. The van der Waals surface area contributed by atoms with Crippen LogP contribution >= 0.6 is 0 Å². The molecule has 1 aromatic heterocycles. The highest BCUT2D eigenvalue weighted by atomic mass is 16.5. The van der Waals surface area contributed by atoms with E-state index in [1.54, 1.807) is 46.2 Å². The molecule has 3 rings (SSSR count). The molecule has 2 aromatic rings. The van der Waals surface area contributed by atoms with Crippen LogP contribution in [0.5, 0.6) is 5.75 Å². The van der Waals surface area contributed by atoms with Gasteiger partial charge in [0.1, 0.15) is 5.75 Å². The van der Waals surface area contributed by atoms with Gasteiger partial charge in [-0.05, 0) is 43.3 Å². The van der Waals surface area contributed by atoms with Crippen LogP contribution in [-0.4, -0.2) is 67.0 Å². The van der Waals surface area contributed by atoms with Gasteiger partial charge >= 0.3 is 5.97 Å². The molecule has 0 atom stereocenters. The molecule has 0 aliphatic carbocycles. The third-order valence-electron chi connectivity index (χ3n) is 4.38. The van der Waals surface area contributed by atoms with Crippen LogP contribution < -0.4 is 4.74 Å². The molecule has 1 aliphatic heterocycles. The van der Waals surface area contributed by atoms with E-state index >= 15 is 0 Å². The van der Waals surface area contributed by atoms with E-state index in [9.17, 15) is 14.4 Å². The molecule has 2 amide bonds. The normalized spacial score (nSPS) is 13.9. The molecule has 148 valence electrons. The monoisotopic (exact) mass is 386 g/mol. The molecule has 1 aliphatic rings. The van der Waals surface area contributed by atoms with Gasteiger partial charge in [0.05, 0.1) is 18.4 Å². The third-order valence-corrected chi connectivity index (χ3v) is 4.38. The van der Waals surface area contributed by atoms with Crippen LogP contribution in [0.3, 0.4) is 0 Å². The minimum Gasteiger partial charge on any atom is -0.494 e. The van der Waals surface area contributed by atoms with E-state index in [0.29, 0.717) is 44.1 Å². The summed E-state index contributed by atoms with van der Waals surface area (Å²) in [7, 11) is 0. The Bertz CT molecular complexity index is 808. The van der Waals surface area contributed by atoms with Gasteiger partial charge in [-0.2, -0.15) is 0 Å². The fourth-order valence-corrected chi connectivity index (χ4v) is 2.87. The van der Waals surface area contributed by atoms with Gasteiger partial charge in [-0.15, -0.1) is 0 Å². The third kappa shape index (κ3) is 4.70. The topological polar surface area (TPSA) is 89.3 Å². The van der Waals surface area contributed by atoms with Gasteiger partial charge in [-0.1, -0.05) is 0 Å². The fraction of sp³-hybridized carbons (Fsp3) is 0.350. The first-order chi connectivity index (χ1) is 13.6. The van der Waals surface area contributed by atoms with Crippen LogP contribution in [0.1, 0.15) is 27.8 Å². The number of esters is 1. The van der Waals surface area contributed by atoms with Crippen molar-refractivity contribution in [2.75, 3.05) is 39.4 Å². The molecule has 8 nitrogen and oxygen atoms in total. The first kappa shape index (κ1) is 19.5. The molecule has 0 spiro atoms. The summed E-state index contributed by atoms with van der Waals surface area (Å²) in [5, 5.41) is 0. The van der Waals surface area contributed by atoms with Gasteiger partial charge in [0.15, 0.2) is 12.4 Å². The van der Waals surface area contributed by atoms with E-state index in [-0.39, 0.29) is 24.2 Å². The van der Waals surface area contributed by atoms with Gasteiger partial charge in [0.25, 0.3) is 11.8 Å². The molecule has 2 heterocycles. The first-order valence-electron chi connectivity index (χ1n) is 9.09. The maximum atomic E-state index is 12.3. The Labute approximate surface area is 162 Å². The lowest BCUT2D eigenvalue weighted by molar-refractivity contribution is -0.136. The van der Waals surface area contributed by atoms with Gasteiger partial charge in [-0.3, -0.25) is 9.59 Å². The average molecular weight is 386 g/mol.